The molecule has 0 aliphatic carbocycles. The zero-order chi connectivity index (χ0) is 31.9. The Morgan fingerprint density at radius 1 is 1.05 bits per heavy atom. The Labute approximate surface area is 261 Å². The van der Waals surface area contributed by atoms with Gasteiger partial charge in [0.1, 0.15) is 18.0 Å². The van der Waals surface area contributed by atoms with Crippen LogP contribution in [-0.2, 0) is 45.0 Å². The van der Waals surface area contributed by atoms with Crippen LogP contribution in [0.2, 0.25) is 0 Å². The Balaban J connectivity index is 1.61. The van der Waals surface area contributed by atoms with Crippen molar-refractivity contribution in [2.24, 2.45) is 17.8 Å². The highest BCUT2D eigenvalue weighted by molar-refractivity contribution is 7.89. The topological polar surface area (TPSA) is 118 Å². The van der Waals surface area contributed by atoms with Crippen molar-refractivity contribution >= 4 is 22.0 Å². The van der Waals surface area contributed by atoms with Gasteiger partial charge in [0.2, 0.25) is 10.0 Å². The number of ether oxygens (including phenoxy) is 5. The van der Waals surface area contributed by atoms with Crippen molar-refractivity contribution < 1.29 is 41.7 Å². The number of rotatable bonds is 15. The standard InChI is InChI=1S/C33H45NO9S/c1-6-33-29(16-17-40-33)31(22-41-33)43-32(36)19-26(18-25-10-8-7-9-11-25)30(42-24(4)35)21-34(20-23(2)3)44(37,38)28-14-12-27(39-5)13-15-28/h7-15,23,26,29-31H,6,16-22H2,1-5H3/t26-,29+,30-,31+,33-/m1/s1. The molecule has 0 aromatic heterocycles. The van der Waals surface area contributed by atoms with Gasteiger partial charge in [0.25, 0.3) is 0 Å². The Morgan fingerprint density at radius 2 is 1.75 bits per heavy atom. The van der Waals surface area contributed by atoms with Crippen LogP contribution in [0.25, 0.3) is 0 Å². The third-order valence-corrected chi connectivity index (χ3v) is 10.2. The average Bonchev–Trinajstić information content (AvgIpc) is 3.56. The zero-order valence-electron chi connectivity index (χ0n) is 26.3. The molecular weight excluding hydrogens is 586 g/mol. The van der Waals surface area contributed by atoms with Crippen LogP contribution >= 0.6 is 0 Å². The van der Waals surface area contributed by atoms with E-state index in [2.05, 4.69) is 0 Å². The lowest BCUT2D eigenvalue weighted by molar-refractivity contribution is -0.197. The van der Waals surface area contributed by atoms with Gasteiger partial charge in [-0.15, -0.1) is 0 Å². The smallest absolute Gasteiger partial charge is 0.306 e. The first-order valence-corrected chi connectivity index (χ1v) is 16.7. The molecule has 2 saturated heterocycles. The molecule has 2 heterocycles. The number of nitrogens with zero attached hydrogens (tertiary/aromatic N) is 1. The summed E-state index contributed by atoms with van der Waals surface area (Å²) in [7, 11) is -2.47. The van der Waals surface area contributed by atoms with E-state index in [1.54, 1.807) is 12.1 Å². The molecule has 5 atom stereocenters. The van der Waals surface area contributed by atoms with Crippen LogP contribution in [-0.4, -0.2) is 76.1 Å². The lowest BCUT2D eigenvalue weighted by Gasteiger charge is -2.32. The number of sulfonamides is 1. The Kier molecular flexibility index (Phi) is 11.4. The maximum Gasteiger partial charge on any atom is 0.306 e. The van der Waals surface area contributed by atoms with Crippen LogP contribution in [0.15, 0.2) is 59.5 Å². The predicted molar refractivity (Wildman–Crippen MR) is 163 cm³/mol. The van der Waals surface area contributed by atoms with Gasteiger partial charge >= 0.3 is 11.9 Å². The molecular formula is C33H45NO9S. The van der Waals surface area contributed by atoms with Gasteiger partial charge in [0.05, 0.1) is 44.1 Å². The van der Waals surface area contributed by atoms with Gasteiger partial charge in [0.15, 0.2) is 5.79 Å². The van der Waals surface area contributed by atoms with Crippen LogP contribution in [0.4, 0.5) is 0 Å². The highest BCUT2D eigenvalue weighted by Crippen LogP contribution is 2.44. The minimum Gasteiger partial charge on any atom is -0.497 e. The zero-order valence-corrected chi connectivity index (χ0v) is 27.1. The number of carbonyl (C=O) groups is 2. The summed E-state index contributed by atoms with van der Waals surface area (Å²) in [5, 5.41) is 0. The molecule has 2 aromatic rings. The number of benzene rings is 2. The fraction of sp³-hybridized carbons (Fsp3) is 0.576. The van der Waals surface area contributed by atoms with E-state index in [-0.39, 0.29) is 42.8 Å². The highest BCUT2D eigenvalue weighted by atomic mass is 32.2. The molecule has 0 bridgehead atoms. The first-order chi connectivity index (χ1) is 21.0. The molecule has 2 aliphatic heterocycles. The van der Waals surface area contributed by atoms with Gasteiger partial charge in [-0.3, -0.25) is 9.59 Å². The summed E-state index contributed by atoms with van der Waals surface area (Å²) >= 11 is 0. The number of hydrogen-bond donors (Lipinski definition) is 0. The van der Waals surface area contributed by atoms with E-state index in [1.807, 2.05) is 51.1 Å². The first-order valence-electron chi connectivity index (χ1n) is 15.3. The van der Waals surface area contributed by atoms with E-state index < -0.39 is 45.9 Å². The lowest BCUT2D eigenvalue weighted by atomic mass is 9.90. The summed E-state index contributed by atoms with van der Waals surface area (Å²) in [6.45, 7) is 7.98. The van der Waals surface area contributed by atoms with Gasteiger partial charge in [-0.1, -0.05) is 51.1 Å². The number of carbonyl (C=O) groups excluding carboxylic acids is 2. The molecule has 0 N–H and O–H groups in total. The minimum absolute atomic E-state index is 0.0200. The van der Waals surface area contributed by atoms with E-state index in [0.717, 1.165) is 12.0 Å². The van der Waals surface area contributed by atoms with Gasteiger partial charge in [-0.2, -0.15) is 4.31 Å². The van der Waals surface area contributed by atoms with E-state index >= 15 is 0 Å². The molecule has 0 spiro atoms. The second-order valence-electron chi connectivity index (χ2n) is 11.9. The largest absolute Gasteiger partial charge is 0.497 e. The summed E-state index contributed by atoms with van der Waals surface area (Å²) in [4.78, 5) is 26.0. The van der Waals surface area contributed by atoms with Crippen LogP contribution in [0.1, 0.15) is 52.5 Å². The van der Waals surface area contributed by atoms with Gasteiger partial charge < -0.3 is 23.7 Å². The average molecular weight is 632 g/mol. The molecule has 10 nitrogen and oxygen atoms in total. The monoisotopic (exact) mass is 631 g/mol. The van der Waals surface area contributed by atoms with Crippen LogP contribution in [0.5, 0.6) is 5.75 Å². The molecule has 0 saturated carbocycles. The number of hydrogen-bond acceptors (Lipinski definition) is 9. The molecule has 0 radical (unpaired) electrons. The highest BCUT2D eigenvalue weighted by Gasteiger charge is 2.55. The maximum atomic E-state index is 13.9. The fourth-order valence-electron chi connectivity index (χ4n) is 6.18. The summed E-state index contributed by atoms with van der Waals surface area (Å²) in [5.74, 6) is -1.84. The molecule has 2 aliphatic rings. The van der Waals surface area contributed by atoms with Gasteiger partial charge in [-0.05, 0) is 55.0 Å². The van der Waals surface area contributed by atoms with Gasteiger partial charge in [-0.25, -0.2) is 8.42 Å². The van der Waals surface area contributed by atoms with Crippen molar-refractivity contribution in [1.29, 1.82) is 0 Å². The van der Waals surface area contributed by atoms with Crippen molar-refractivity contribution in [3.05, 3.63) is 60.2 Å². The summed E-state index contributed by atoms with van der Waals surface area (Å²) in [6, 6.07) is 15.7. The quantitative estimate of drug-likeness (QED) is 0.260. The van der Waals surface area contributed by atoms with E-state index in [0.29, 0.717) is 25.2 Å². The maximum absolute atomic E-state index is 13.9. The fourth-order valence-corrected chi connectivity index (χ4v) is 7.80. The normalized spacial score (nSPS) is 22.9. The van der Waals surface area contributed by atoms with E-state index in [4.69, 9.17) is 23.7 Å². The molecule has 242 valence electrons. The van der Waals surface area contributed by atoms with E-state index in [9.17, 15) is 18.0 Å². The Morgan fingerprint density at radius 3 is 2.36 bits per heavy atom. The van der Waals surface area contributed by atoms with Crippen LogP contribution < -0.4 is 4.74 Å². The second kappa shape index (κ2) is 14.9. The second-order valence-corrected chi connectivity index (χ2v) is 13.9. The number of esters is 2. The molecule has 2 fully saturated rings. The molecule has 4 rings (SSSR count). The predicted octanol–water partition coefficient (Wildman–Crippen LogP) is 4.61. The van der Waals surface area contributed by atoms with E-state index in [1.165, 1.54) is 30.5 Å². The third-order valence-electron chi connectivity index (χ3n) is 8.32. The Hall–Kier alpha value is -2.99. The first kappa shape index (κ1) is 33.9. The van der Waals surface area contributed by atoms with Crippen molar-refractivity contribution in [1.82, 2.24) is 4.31 Å². The minimum atomic E-state index is -3.99. The molecule has 44 heavy (non-hydrogen) atoms. The van der Waals surface area contributed by atoms with Crippen molar-refractivity contribution in [2.75, 3.05) is 33.4 Å². The SMILES string of the molecule is CC[C@]12OCC[C@H]1[C@@H](OC(=O)C[C@@H](Cc1ccccc1)[C@@H](CN(CC(C)C)S(=O)(=O)c1ccc(OC)cc1)OC(C)=O)CO2. The van der Waals surface area contributed by atoms with Gasteiger partial charge in [0, 0.05) is 19.4 Å². The molecule has 2 aromatic carbocycles. The van der Waals surface area contributed by atoms with Crippen molar-refractivity contribution in [3.63, 3.8) is 0 Å². The summed E-state index contributed by atoms with van der Waals surface area (Å²) < 4.78 is 58.0. The van der Waals surface area contributed by atoms with Crippen molar-refractivity contribution in [3.8, 4) is 5.75 Å². The molecule has 11 heteroatoms. The summed E-state index contributed by atoms with van der Waals surface area (Å²) in [5.41, 5.74) is 0.925. The van der Waals surface area contributed by atoms with Crippen LogP contribution in [0.3, 0.4) is 0 Å². The van der Waals surface area contributed by atoms with Crippen LogP contribution in [0, 0.1) is 17.8 Å². The number of fused-ring (bicyclic) bond motifs is 1. The summed E-state index contributed by atoms with van der Waals surface area (Å²) in [6.07, 6.45) is 0.333. The Bertz CT molecular complexity index is 1350. The third kappa shape index (κ3) is 8.18. The molecule has 0 unspecified atom stereocenters. The molecule has 0 amide bonds. The lowest BCUT2D eigenvalue weighted by Crippen LogP contribution is -2.45. The van der Waals surface area contributed by atoms with Crippen molar-refractivity contribution in [2.45, 2.75) is 76.3 Å². The number of methoxy groups -OCH3 is 1.